The third-order valence-corrected chi connectivity index (χ3v) is 2.61. The van der Waals surface area contributed by atoms with Gasteiger partial charge in [-0.25, -0.2) is 0 Å². The van der Waals surface area contributed by atoms with Crippen LogP contribution in [0.25, 0.3) is 10.6 Å². The Balaban J connectivity index is 2.35. The number of hydrogen-bond donors (Lipinski definition) is 1. The first-order chi connectivity index (χ1) is 5.90. The Bertz CT molecular complexity index is 354. The molecule has 0 saturated carbocycles. The normalized spacial score (nSPS) is 10.4. The Labute approximate surface area is 73.0 Å². The van der Waals surface area contributed by atoms with Crippen LogP contribution in [0.1, 0.15) is 4.88 Å². The minimum Gasteiger partial charge on any atom is -0.345 e. The highest BCUT2D eigenvalue weighted by molar-refractivity contribution is 7.15. The number of rotatable bonds is 2. The van der Waals surface area contributed by atoms with Crippen LogP contribution in [0.2, 0.25) is 0 Å². The average molecular weight is 181 g/mol. The summed E-state index contributed by atoms with van der Waals surface area (Å²) in [6.45, 7) is 0.565. The van der Waals surface area contributed by atoms with Crippen LogP contribution in [-0.4, -0.2) is 10.4 Å². The highest BCUT2D eigenvalue weighted by Crippen LogP contribution is 2.25. The van der Waals surface area contributed by atoms with Crippen LogP contribution in [0, 0.1) is 0 Å². The van der Waals surface area contributed by atoms with E-state index in [1.54, 1.807) is 11.3 Å². The summed E-state index contributed by atoms with van der Waals surface area (Å²) in [7, 11) is 0. The van der Waals surface area contributed by atoms with Crippen LogP contribution >= 0.6 is 11.3 Å². The zero-order chi connectivity index (χ0) is 8.39. The molecule has 0 aromatic carbocycles. The molecular formula is C7H7N3OS. The lowest BCUT2D eigenvalue weighted by atomic mass is 10.4. The van der Waals surface area contributed by atoms with Crippen LogP contribution in [0.5, 0.6) is 0 Å². The molecule has 2 aromatic heterocycles. The molecule has 2 N–H and O–H groups in total. The van der Waals surface area contributed by atoms with E-state index in [0.717, 1.165) is 15.4 Å². The van der Waals surface area contributed by atoms with Gasteiger partial charge < -0.3 is 10.3 Å². The monoisotopic (exact) mass is 181 g/mol. The van der Waals surface area contributed by atoms with Gasteiger partial charge in [-0.2, -0.15) is 0 Å². The average Bonchev–Trinajstić information content (AvgIpc) is 2.75. The van der Waals surface area contributed by atoms with E-state index in [1.165, 1.54) is 6.26 Å². The number of hydrogen-bond acceptors (Lipinski definition) is 5. The molecule has 5 heteroatoms. The van der Waals surface area contributed by atoms with Gasteiger partial charge in [-0.05, 0) is 12.1 Å². The summed E-state index contributed by atoms with van der Waals surface area (Å²) >= 11 is 1.60. The lowest BCUT2D eigenvalue weighted by molar-refractivity contribution is 0.393. The molecule has 0 radical (unpaired) electrons. The molecule has 2 heterocycles. The number of nitrogens with zero attached hydrogens (tertiary/aromatic N) is 2. The van der Waals surface area contributed by atoms with Crippen molar-refractivity contribution in [3.63, 3.8) is 0 Å². The van der Waals surface area contributed by atoms with E-state index in [2.05, 4.69) is 14.9 Å². The third-order valence-electron chi connectivity index (χ3n) is 1.48. The Morgan fingerprint density at radius 2 is 2.42 bits per heavy atom. The second-order valence-electron chi connectivity index (χ2n) is 2.26. The highest BCUT2D eigenvalue weighted by atomic mass is 32.1. The second-order valence-corrected chi connectivity index (χ2v) is 3.43. The van der Waals surface area contributed by atoms with Crippen molar-refractivity contribution >= 4 is 11.3 Å². The number of nitrogens with two attached hydrogens (primary N) is 1. The van der Waals surface area contributed by atoms with Crippen molar-refractivity contribution in [3.05, 3.63) is 23.3 Å². The number of thiophene rings is 1. The van der Waals surface area contributed by atoms with Crippen molar-refractivity contribution in [1.29, 1.82) is 0 Å². The molecule has 0 aliphatic carbocycles. The van der Waals surface area contributed by atoms with Crippen molar-refractivity contribution in [2.75, 3.05) is 0 Å². The topological polar surface area (TPSA) is 64.9 Å². The summed E-state index contributed by atoms with van der Waals surface area (Å²) in [6, 6.07) is 3.95. The zero-order valence-electron chi connectivity index (χ0n) is 6.23. The van der Waals surface area contributed by atoms with E-state index >= 15 is 0 Å². The van der Waals surface area contributed by atoms with Crippen LogP contribution in [-0.2, 0) is 6.54 Å². The SMILES string of the molecule is NCc1ccc(-c2conn2)s1. The van der Waals surface area contributed by atoms with Gasteiger partial charge in [-0.15, -0.1) is 16.4 Å². The van der Waals surface area contributed by atoms with E-state index in [1.807, 2.05) is 12.1 Å². The van der Waals surface area contributed by atoms with E-state index in [-0.39, 0.29) is 0 Å². The van der Waals surface area contributed by atoms with E-state index in [4.69, 9.17) is 5.73 Å². The molecule has 0 unspecified atom stereocenters. The van der Waals surface area contributed by atoms with Crippen molar-refractivity contribution in [2.45, 2.75) is 6.54 Å². The van der Waals surface area contributed by atoms with E-state index < -0.39 is 0 Å². The fraction of sp³-hybridized carbons (Fsp3) is 0.143. The molecule has 4 nitrogen and oxygen atoms in total. The van der Waals surface area contributed by atoms with Crippen LogP contribution in [0.15, 0.2) is 22.9 Å². The maximum atomic E-state index is 5.47. The molecule has 12 heavy (non-hydrogen) atoms. The zero-order valence-corrected chi connectivity index (χ0v) is 7.04. The Morgan fingerprint density at radius 3 is 3.00 bits per heavy atom. The van der Waals surface area contributed by atoms with Gasteiger partial charge in [0.1, 0.15) is 5.69 Å². The second kappa shape index (κ2) is 3.04. The van der Waals surface area contributed by atoms with E-state index in [0.29, 0.717) is 6.54 Å². The van der Waals surface area contributed by atoms with Gasteiger partial charge in [0.15, 0.2) is 6.26 Å². The van der Waals surface area contributed by atoms with Crippen molar-refractivity contribution < 1.29 is 4.52 Å². The predicted molar refractivity (Wildman–Crippen MR) is 45.5 cm³/mol. The lowest BCUT2D eigenvalue weighted by Crippen LogP contribution is -1.90. The first-order valence-corrected chi connectivity index (χ1v) is 4.28. The molecule has 2 aromatic rings. The lowest BCUT2D eigenvalue weighted by Gasteiger charge is -1.84. The van der Waals surface area contributed by atoms with Gasteiger partial charge in [0.05, 0.1) is 4.88 Å². The molecule has 0 spiro atoms. The summed E-state index contributed by atoms with van der Waals surface area (Å²) in [5, 5.41) is 7.17. The molecule has 0 atom stereocenters. The fourth-order valence-electron chi connectivity index (χ4n) is 0.897. The molecule has 0 fully saturated rings. The summed E-state index contributed by atoms with van der Waals surface area (Å²) in [6.07, 6.45) is 1.52. The quantitative estimate of drug-likeness (QED) is 0.757. The summed E-state index contributed by atoms with van der Waals surface area (Å²) in [5.41, 5.74) is 6.23. The van der Waals surface area contributed by atoms with Crippen LogP contribution in [0.4, 0.5) is 0 Å². The van der Waals surface area contributed by atoms with Gasteiger partial charge in [-0.3, -0.25) is 0 Å². The van der Waals surface area contributed by atoms with Gasteiger partial charge in [-0.1, -0.05) is 0 Å². The first-order valence-electron chi connectivity index (χ1n) is 3.46. The minimum atomic E-state index is 0.565. The molecule has 62 valence electrons. The molecule has 0 saturated heterocycles. The van der Waals surface area contributed by atoms with Gasteiger partial charge in [0, 0.05) is 16.7 Å². The van der Waals surface area contributed by atoms with Crippen molar-refractivity contribution in [2.24, 2.45) is 5.73 Å². The minimum absolute atomic E-state index is 0.565. The molecule has 0 aliphatic rings. The van der Waals surface area contributed by atoms with Crippen LogP contribution < -0.4 is 5.73 Å². The Morgan fingerprint density at radius 1 is 1.50 bits per heavy atom. The Hall–Kier alpha value is -1.20. The Kier molecular flexibility index (Phi) is 1.89. The molecule has 0 bridgehead atoms. The third kappa shape index (κ3) is 1.24. The van der Waals surface area contributed by atoms with Gasteiger partial charge >= 0.3 is 0 Å². The maximum absolute atomic E-state index is 5.47. The van der Waals surface area contributed by atoms with Gasteiger partial charge in [0.25, 0.3) is 0 Å². The van der Waals surface area contributed by atoms with Crippen molar-refractivity contribution in [1.82, 2.24) is 10.4 Å². The standard InChI is InChI=1S/C7H7N3OS/c8-3-5-1-2-7(12-5)6-4-11-10-9-6/h1-2,4H,3,8H2. The predicted octanol–water partition coefficient (Wildman–Crippen LogP) is 1.26. The fourth-order valence-corrected chi connectivity index (χ4v) is 1.73. The number of aromatic nitrogens is 2. The summed E-state index contributed by atoms with van der Waals surface area (Å²) in [4.78, 5) is 2.17. The molecular weight excluding hydrogens is 174 g/mol. The van der Waals surface area contributed by atoms with E-state index in [9.17, 15) is 0 Å². The largest absolute Gasteiger partial charge is 0.345 e. The maximum Gasteiger partial charge on any atom is 0.153 e. The molecule has 0 aliphatic heterocycles. The van der Waals surface area contributed by atoms with Gasteiger partial charge in [0.2, 0.25) is 0 Å². The molecule has 2 rings (SSSR count). The van der Waals surface area contributed by atoms with Crippen molar-refractivity contribution in [3.8, 4) is 10.6 Å². The van der Waals surface area contributed by atoms with Crippen LogP contribution in [0.3, 0.4) is 0 Å². The highest BCUT2D eigenvalue weighted by Gasteiger charge is 2.04. The molecule has 0 amide bonds. The summed E-state index contributed by atoms with van der Waals surface area (Å²) < 4.78 is 4.63. The first kappa shape index (κ1) is 7.45. The smallest absolute Gasteiger partial charge is 0.153 e. The summed E-state index contributed by atoms with van der Waals surface area (Å²) in [5.74, 6) is 0.